The molecule has 2 N–H and O–H groups in total. The van der Waals surface area contributed by atoms with E-state index in [0.717, 1.165) is 24.0 Å². The quantitative estimate of drug-likeness (QED) is 0.706. The monoisotopic (exact) mass is 417 g/mol. The minimum atomic E-state index is -1.65. The zero-order valence-electron chi connectivity index (χ0n) is 18.2. The van der Waals surface area contributed by atoms with Gasteiger partial charge in [-0.15, -0.1) is 0 Å². The first-order valence-electron chi connectivity index (χ1n) is 10.4. The number of allylic oxidation sites excluding steroid dienone is 2. The Bertz CT molecular complexity index is 1020. The molecule has 0 spiro atoms. The van der Waals surface area contributed by atoms with Gasteiger partial charge >= 0.3 is 0 Å². The third kappa shape index (κ3) is 3.72. The van der Waals surface area contributed by atoms with Gasteiger partial charge in [0.25, 0.3) is 0 Å². The largest absolute Gasteiger partial charge is 0.493 e. The number of fused-ring (bicyclic) bond motifs is 1. The van der Waals surface area contributed by atoms with Crippen molar-refractivity contribution in [1.82, 2.24) is 4.90 Å². The van der Waals surface area contributed by atoms with E-state index < -0.39 is 11.3 Å². The fourth-order valence-corrected chi connectivity index (χ4v) is 4.52. The minimum absolute atomic E-state index is 0.0271. The van der Waals surface area contributed by atoms with Crippen molar-refractivity contribution in [3.8, 4) is 29.7 Å². The Morgan fingerprint density at radius 1 is 1.23 bits per heavy atom. The molecule has 1 aliphatic carbocycles. The standard InChI is InChI=1S/C24H27N5O2/c1-4-5-10-31-20-7-6-16(11-21(20)30-3)22-19-13-29(2)9-8-17(19)18(12-25)23(28)24(22,14-26)15-27/h6-8,11,19,22H,4-5,9-10,13,28H2,1-3H3/t19-,22+/m0/s1. The van der Waals surface area contributed by atoms with Gasteiger partial charge in [0.05, 0.1) is 37.1 Å². The number of nitrogens with two attached hydrogens (primary N) is 1. The highest BCUT2D eigenvalue weighted by Gasteiger charge is 2.54. The highest BCUT2D eigenvalue weighted by atomic mass is 16.5. The molecule has 7 heteroatoms. The molecule has 0 radical (unpaired) electrons. The fraction of sp³-hybridized carbons (Fsp3) is 0.458. The number of hydrogen-bond acceptors (Lipinski definition) is 7. The number of unbranched alkanes of at least 4 members (excludes halogenated alkanes) is 1. The van der Waals surface area contributed by atoms with Crippen LogP contribution < -0.4 is 15.2 Å². The van der Waals surface area contributed by atoms with Gasteiger partial charge in [-0.2, -0.15) is 15.8 Å². The zero-order chi connectivity index (χ0) is 22.6. The number of rotatable bonds is 6. The van der Waals surface area contributed by atoms with Crippen molar-refractivity contribution < 1.29 is 9.47 Å². The minimum Gasteiger partial charge on any atom is -0.493 e. The number of benzene rings is 1. The first-order chi connectivity index (χ1) is 15.0. The Morgan fingerprint density at radius 2 is 1.97 bits per heavy atom. The lowest BCUT2D eigenvalue weighted by molar-refractivity contribution is 0.237. The van der Waals surface area contributed by atoms with E-state index in [1.54, 1.807) is 7.11 Å². The van der Waals surface area contributed by atoms with E-state index in [4.69, 9.17) is 15.2 Å². The van der Waals surface area contributed by atoms with Gasteiger partial charge in [0.2, 0.25) is 0 Å². The number of likely N-dealkylation sites (N-methyl/N-ethyl adjacent to an activating group) is 1. The summed E-state index contributed by atoms with van der Waals surface area (Å²) in [5, 5.41) is 30.1. The van der Waals surface area contributed by atoms with Crippen LogP contribution in [0.25, 0.3) is 0 Å². The van der Waals surface area contributed by atoms with E-state index in [1.165, 1.54) is 0 Å². The van der Waals surface area contributed by atoms with Crippen LogP contribution in [0.4, 0.5) is 0 Å². The molecule has 1 heterocycles. The van der Waals surface area contributed by atoms with Crippen LogP contribution in [0, 0.1) is 45.3 Å². The van der Waals surface area contributed by atoms with Gasteiger partial charge in [-0.1, -0.05) is 25.5 Å². The van der Waals surface area contributed by atoms with Crippen molar-refractivity contribution in [3.63, 3.8) is 0 Å². The van der Waals surface area contributed by atoms with Crippen molar-refractivity contribution in [2.75, 3.05) is 33.9 Å². The van der Waals surface area contributed by atoms with E-state index in [-0.39, 0.29) is 17.2 Å². The molecule has 0 amide bonds. The second kappa shape index (κ2) is 9.13. The van der Waals surface area contributed by atoms with Gasteiger partial charge in [-0.3, -0.25) is 0 Å². The summed E-state index contributed by atoms with van der Waals surface area (Å²) >= 11 is 0. The highest BCUT2D eigenvalue weighted by Crippen LogP contribution is 2.54. The molecule has 0 aromatic heterocycles. The lowest BCUT2D eigenvalue weighted by Gasteiger charge is -2.45. The number of nitrogens with zero attached hydrogens (tertiary/aromatic N) is 4. The van der Waals surface area contributed by atoms with Crippen LogP contribution in [-0.4, -0.2) is 38.8 Å². The Balaban J connectivity index is 2.18. The molecular weight excluding hydrogens is 390 g/mol. The Labute approximate surface area is 183 Å². The molecule has 0 unspecified atom stereocenters. The van der Waals surface area contributed by atoms with Crippen molar-refractivity contribution >= 4 is 0 Å². The fourth-order valence-electron chi connectivity index (χ4n) is 4.52. The number of methoxy groups -OCH3 is 1. The van der Waals surface area contributed by atoms with E-state index in [1.807, 2.05) is 31.3 Å². The van der Waals surface area contributed by atoms with Crippen LogP contribution in [0.1, 0.15) is 31.2 Å². The van der Waals surface area contributed by atoms with E-state index in [0.29, 0.717) is 31.2 Å². The summed E-state index contributed by atoms with van der Waals surface area (Å²) in [5.74, 6) is 0.387. The number of ether oxygens (including phenoxy) is 2. The highest BCUT2D eigenvalue weighted by molar-refractivity contribution is 5.60. The maximum absolute atomic E-state index is 10.2. The SMILES string of the molecule is CCCCOc1ccc([C@@H]2[C@H]3CN(C)CC=C3C(C#N)=C(N)C2(C#N)C#N)cc1OC. The van der Waals surface area contributed by atoms with Crippen LogP contribution >= 0.6 is 0 Å². The van der Waals surface area contributed by atoms with Gasteiger partial charge in [0.1, 0.15) is 6.07 Å². The zero-order valence-corrected chi connectivity index (χ0v) is 18.2. The summed E-state index contributed by atoms with van der Waals surface area (Å²) in [5.41, 5.74) is 6.54. The van der Waals surface area contributed by atoms with Crippen molar-refractivity contribution in [2.24, 2.45) is 17.1 Å². The molecule has 2 aliphatic rings. The Kier molecular flexibility index (Phi) is 6.54. The summed E-state index contributed by atoms with van der Waals surface area (Å²) in [6.45, 7) is 3.96. The third-order valence-electron chi connectivity index (χ3n) is 6.15. The van der Waals surface area contributed by atoms with Gasteiger partial charge in [-0.25, -0.2) is 0 Å². The van der Waals surface area contributed by atoms with E-state index in [2.05, 4.69) is 30.0 Å². The van der Waals surface area contributed by atoms with Crippen LogP contribution in [-0.2, 0) is 0 Å². The van der Waals surface area contributed by atoms with Gasteiger partial charge in [-0.05, 0) is 36.7 Å². The smallest absolute Gasteiger partial charge is 0.191 e. The average molecular weight is 418 g/mol. The normalized spacial score (nSPS) is 22.4. The van der Waals surface area contributed by atoms with Crippen LogP contribution in [0.15, 0.2) is 41.1 Å². The van der Waals surface area contributed by atoms with Crippen LogP contribution in [0.2, 0.25) is 0 Å². The molecule has 31 heavy (non-hydrogen) atoms. The maximum atomic E-state index is 10.2. The first kappa shape index (κ1) is 22.2. The topological polar surface area (TPSA) is 119 Å². The summed E-state index contributed by atoms with van der Waals surface area (Å²) in [7, 11) is 3.54. The number of nitriles is 3. The molecular formula is C24H27N5O2. The summed E-state index contributed by atoms with van der Waals surface area (Å²) in [4.78, 5) is 2.11. The Hall–Kier alpha value is -3.47. The molecule has 2 atom stereocenters. The molecule has 0 saturated carbocycles. The van der Waals surface area contributed by atoms with Crippen LogP contribution in [0.3, 0.4) is 0 Å². The predicted octanol–water partition coefficient (Wildman–Crippen LogP) is 3.23. The van der Waals surface area contributed by atoms with E-state index >= 15 is 0 Å². The van der Waals surface area contributed by atoms with Crippen molar-refractivity contribution in [3.05, 3.63) is 46.7 Å². The lowest BCUT2D eigenvalue weighted by Crippen LogP contribution is -2.47. The van der Waals surface area contributed by atoms with Gasteiger partial charge in [0.15, 0.2) is 16.9 Å². The molecule has 0 fully saturated rings. The molecule has 0 saturated heterocycles. The predicted molar refractivity (Wildman–Crippen MR) is 116 cm³/mol. The van der Waals surface area contributed by atoms with Crippen molar-refractivity contribution in [1.29, 1.82) is 15.8 Å². The first-order valence-corrected chi connectivity index (χ1v) is 10.4. The van der Waals surface area contributed by atoms with Gasteiger partial charge in [0, 0.05) is 24.9 Å². The molecule has 1 aliphatic heterocycles. The average Bonchev–Trinajstić information content (AvgIpc) is 2.79. The van der Waals surface area contributed by atoms with Crippen LogP contribution in [0.5, 0.6) is 11.5 Å². The third-order valence-corrected chi connectivity index (χ3v) is 6.15. The number of hydrogen-bond donors (Lipinski definition) is 1. The molecule has 1 aromatic rings. The van der Waals surface area contributed by atoms with Crippen molar-refractivity contribution in [2.45, 2.75) is 25.7 Å². The van der Waals surface area contributed by atoms with E-state index in [9.17, 15) is 15.8 Å². The maximum Gasteiger partial charge on any atom is 0.191 e. The molecule has 160 valence electrons. The van der Waals surface area contributed by atoms with Gasteiger partial charge < -0.3 is 20.1 Å². The lowest BCUT2D eigenvalue weighted by atomic mass is 9.58. The molecule has 0 bridgehead atoms. The summed E-state index contributed by atoms with van der Waals surface area (Å²) in [6, 6.07) is 12.0. The second-order valence-electron chi connectivity index (χ2n) is 8.01. The molecule has 7 nitrogen and oxygen atoms in total. The second-order valence-corrected chi connectivity index (χ2v) is 8.01. The molecule has 3 rings (SSSR count). The molecule has 1 aromatic carbocycles. The summed E-state index contributed by atoms with van der Waals surface area (Å²) < 4.78 is 11.4. The summed E-state index contributed by atoms with van der Waals surface area (Å²) in [6.07, 6.45) is 3.93. The Morgan fingerprint density at radius 3 is 2.58 bits per heavy atom.